The summed E-state index contributed by atoms with van der Waals surface area (Å²) >= 11 is 0. The zero-order valence-electron chi connectivity index (χ0n) is 20.6. The van der Waals surface area contributed by atoms with Crippen molar-refractivity contribution in [3.05, 3.63) is 103 Å². The summed E-state index contributed by atoms with van der Waals surface area (Å²) in [5, 5.41) is 10.1. The van der Waals surface area contributed by atoms with Crippen LogP contribution in [-0.4, -0.2) is 46.0 Å². The van der Waals surface area contributed by atoms with Gasteiger partial charge in [-0.1, -0.05) is 24.3 Å². The van der Waals surface area contributed by atoms with Crippen LogP contribution in [0.2, 0.25) is 0 Å². The van der Waals surface area contributed by atoms with Crippen molar-refractivity contribution >= 4 is 33.8 Å². The molecule has 0 saturated carbocycles. The standard InChI is InChI=1S/C29H18FN9O/c30-23-20(17-12-18(14-31-13-17)35-29(40)16-6-2-1-3-7-16)15-34-26-22(23)25(38-39-26)28-36-24-19(9-11-33-27(24)37-28)21-8-4-5-10-32-21/h1-15H,(H,35,40)(H,33,36,37)(H,34,38,39). The second-order valence-electron chi connectivity index (χ2n) is 8.92. The van der Waals surface area contributed by atoms with Gasteiger partial charge in [-0.05, 0) is 36.4 Å². The summed E-state index contributed by atoms with van der Waals surface area (Å²) < 4.78 is 16.1. The number of rotatable bonds is 5. The number of nitrogens with zero attached hydrogens (tertiary/aromatic N) is 6. The molecule has 0 spiro atoms. The minimum atomic E-state index is -0.555. The van der Waals surface area contributed by atoms with Crippen molar-refractivity contribution in [1.29, 1.82) is 0 Å². The van der Waals surface area contributed by atoms with Gasteiger partial charge in [0.05, 0.1) is 23.0 Å². The first-order valence-corrected chi connectivity index (χ1v) is 12.3. The van der Waals surface area contributed by atoms with Gasteiger partial charge in [0.25, 0.3) is 5.91 Å². The molecule has 192 valence electrons. The average Bonchev–Trinajstić information content (AvgIpc) is 3.63. The molecule has 0 unspecified atom stereocenters. The van der Waals surface area contributed by atoms with Crippen molar-refractivity contribution in [1.82, 2.24) is 40.1 Å². The van der Waals surface area contributed by atoms with Gasteiger partial charge in [-0.25, -0.2) is 19.3 Å². The van der Waals surface area contributed by atoms with Gasteiger partial charge in [0.15, 0.2) is 17.1 Å². The van der Waals surface area contributed by atoms with E-state index >= 15 is 4.39 Å². The van der Waals surface area contributed by atoms with Gasteiger partial charge in [0.2, 0.25) is 0 Å². The Bertz CT molecular complexity index is 2020. The molecule has 11 heteroatoms. The molecule has 0 saturated heterocycles. The van der Waals surface area contributed by atoms with Crippen LogP contribution in [0.15, 0.2) is 91.6 Å². The first-order valence-electron chi connectivity index (χ1n) is 12.3. The van der Waals surface area contributed by atoms with E-state index in [0.29, 0.717) is 33.8 Å². The summed E-state index contributed by atoms with van der Waals surface area (Å²) in [4.78, 5) is 37.8. The number of aromatic amines is 2. The Morgan fingerprint density at radius 1 is 0.850 bits per heavy atom. The molecule has 0 fully saturated rings. The first-order chi connectivity index (χ1) is 19.7. The molecule has 0 aliphatic carbocycles. The van der Waals surface area contributed by atoms with Gasteiger partial charge in [-0.15, -0.1) is 0 Å². The molecular weight excluding hydrogens is 509 g/mol. The molecule has 0 aliphatic rings. The van der Waals surface area contributed by atoms with Crippen molar-refractivity contribution in [2.75, 3.05) is 5.32 Å². The SMILES string of the molecule is O=C(Nc1cncc(-c2cnc3[nH]nc(-c4nc5c(-c6ccccn6)ccnc5[nH]4)c3c2F)c1)c1ccccc1. The summed E-state index contributed by atoms with van der Waals surface area (Å²) in [6.45, 7) is 0. The van der Waals surface area contributed by atoms with E-state index in [2.05, 4.69) is 40.4 Å². The van der Waals surface area contributed by atoms with Crippen molar-refractivity contribution in [3.8, 4) is 33.9 Å². The zero-order valence-corrected chi connectivity index (χ0v) is 20.6. The quantitative estimate of drug-likeness (QED) is 0.272. The Labute approximate surface area is 225 Å². The summed E-state index contributed by atoms with van der Waals surface area (Å²) in [5.74, 6) is -0.522. The van der Waals surface area contributed by atoms with Crippen LogP contribution in [0.25, 0.3) is 56.1 Å². The van der Waals surface area contributed by atoms with Crippen LogP contribution in [0.4, 0.5) is 10.1 Å². The Morgan fingerprint density at radius 3 is 2.58 bits per heavy atom. The molecule has 6 aromatic heterocycles. The van der Waals surface area contributed by atoms with E-state index in [1.54, 1.807) is 42.7 Å². The Balaban J connectivity index is 1.29. The molecule has 1 aromatic carbocycles. The fourth-order valence-electron chi connectivity index (χ4n) is 4.53. The number of amides is 1. The molecule has 10 nitrogen and oxygen atoms in total. The molecule has 0 radical (unpaired) electrons. The van der Waals surface area contributed by atoms with E-state index in [-0.39, 0.29) is 28.2 Å². The number of hydrogen-bond donors (Lipinski definition) is 3. The second kappa shape index (κ2) is 9.48. The Hall–Kier alpha value is -5.84. The molecule has 7 aromatic rings. The minimum absolute atomic E-state index is 0.162. The molecule has 3 N–H and O–H groups in total. The van der Waals surface area contributed by atoms with E-state index < -0.39 is 5.82 Å². The fraction of sp³-hybridized carbons (Fsp3) is 0. The maximum absolute atomic E-state index is 16.1. The molecule has 1 amide bonds. The van der Waals surface area contributed by atoms with E-state index in [4.69, 9.17) is 4.98 Å². The smallest absolute Gasteiger partial charge is 0.255 e. The topological polar surface area (TPSA) is 138 Å². The minimum Gasteiger partial charge on any atom is -0.321 e. The third-order valence-electron chi connectivity index (χ3n) is 6.42. The number of halogens is 1. The van der Waals surface area contributed by atoms with Crippen LogP contribution in [-0.2, 0) is 0 Å². The number of aromatic nitrogens is 8. The number of pyridine rings is 4. The van der Waals surface area contributed by atoms with E-state index in [1.165, 1.54) is 18.6 Å². The summed E-state index contributed by atoms with van der Waals surface area (Å²) in [6, 6.07) is 17.9. The zero-order chi connectivity index (χ0) is 27.1. The lowest BCUT2D eigenvalue weighted by molar-refractivity contribution is 0.102. The summed E-state index contributed by atoms with van der Waals surface area (Å²) in [6.07, 6.45) is 7.77. The molecular formula is C29H18FN9O. The van der Waals surface area contributed by atoms with Crippen LogP contribution in [0.3, 0.4) is 0 Å². The molecule has 0 atom stereocenters. The average molecular weight is 528 g/mol. The predicted molar refractivity (Wildman–Crippen MR) is 148 cm³/mol. The molecule has 0 bridgehead atoms. The lowest BCUT2D eigenvalue weighted by atomic mass is 10.1. The fourth-order valence-corrected chi connectivity index (χ4v) is 4.53. The second-order valence-corrected chi connectivity index (χ2v) is 8.92. The van der Waals surface area contributed by atoms with E-state index in [1.807, 2.05) is 30.3 Å². The maximum Gasteiger partial charge on any atom is 0.255 e. The molecule has 0 aliphatic heterocycles. The van der Waals surface area contributed by atoms with Gasteiger partial charge < -0.3 is 10.3 Å². The van der Waals surface area contributed by atoms with Crippen LogP contribution >= 0.6 is 0 Å². The Morgan fingerprint density at radius 2 is 1.73 bits per heavy atom. The van der Waals surface area contributed by atoms with Gasteiger partial charge >= 0.3 is 0 Å². The van der Waals surface area contributed by atoms with Crippen LogP contribution in [0.5, 0.6) is 0 Å². The van der Waals surface area contributed by atoms with Crippen molar-refractivity contribution in [2.24, 2.45) is 0 Å². The van der Waals surface area contributed by atoms with E-state index in [9.17, 15) is 4.79 Å². The summed E-state index contributed by atoms with van der Waals surface area (Å²) in [7, 11) is 0. The highest BCUT2D eigenvalue weighted by Gasteiger charge is 2.22. The monoisotopic (exact) mass is 527 g/mol. The number of carbonyl (C=O) groups is 1. The highest BCUT2D eigenvalue weighted by atomic mass is 19.1. The highest BCUT2D eigenvalue weighted by Crippen LogP contribution is 2.34. The van der Waals surface area contributed by atoms with Gasteiger partial charge in [0, 0.05) is 47.0 Å². The number of hydrogen-bond acceptors (Lipinski definition) is 7. The van der Waals surface area contributed by atoms with Crippen molar-refractivity contribution in [3.63, 3.8) is 0 Å². The number of H-pyrrole nitrogens is 2. The predicted octanol–water partition coefficient (Wildman–Crippen LogP) is 5.41. The molecule has 6 heterocycles. The van der Waals surface area contributed by atoms with Gasteiger partial charge in [-0.2, -0.15) is 5.10 Å². The largest absolute Gasteiger partial charge is 0.321 e. The summed E-state index contributed by atoms with van der Waals surface area (Å²) in [5.41, 5.74) is 4.70. The van der Waals surface area contributed by atoms with Crippen molar-refractivity contribution in [2.45, 2.75) is 0 Å². The van der Waals surface area contributed by atoms with E-state index in [0.717, 1.165) is 11.3 Å². The molecule has 40 heavy (non-hydrogen) atoms. The number of anilines is 1. The maximum atomic E-state index is 16.1. The highest BCUT2D eigenvalue weighted by molar-refractivity contribution is 6.04. The number of nitrogens with one attached hydrogen (secondary N) is 3. The normalized spacial score (nSPS) is 11.2. The van der Waals surface area contributed by atoms with Crippen molar-refractivity contribution < 1.29 is 9.18 Å². The third-order valence-corrected chi connectivity index (χ3v) is 6.42. The third kappa shape index (κ3) is 4.02. The lowest BCUT2D eigenvalue weighted by Crippen LogP contribution is -2.11. The lowest BCUT2D eigenvalue weighted by Gasteiger charge is -2.08. The van der Waals surface area contributed by atoms with Crippen LogP contribution in [0.1, 0.15) is 10.4 Å². The number of imidazole rings is 1. The van der Waals surface area contributed by atoms with Gasteiger partial charge in [-0.3, -0.25) is 19.9 Å². The Kier molecular flexibility index (Phi) is 5.52. The molecule has 7 rings (SSSR count). The number of fused-ring (bicyclic) bond motifs is 2. The van der Waals surface area contributed by atoms with Gasteiger partial charge in [0.1, 0.15) is 17.0 Å². The number of carbonyl (C=O) groups excluding carboxylic acids is 1. The van der Waals surface area contributed by atoms with Crippen LogP contribution < -0.4 is 5.32 Å². The van der Waals surface area contributed by atoms with Crippen LogP contribution in [0, 0.1) is 5.82 Å². The number of benzene rings is 1. The first kappa shape index (κ1) is 23.3.